The molecule has 1 saturated carbocycles. The van der Waals surface area contributed by atoms with Crippen molar-refractivity contribution in [3.05, 3.63) is 0 Å². The molecule has 24 heavy (non-hydrogen) atoms. The van der Waals surface area contributed by atoms with E-state index < -0.39 is 5.97 Å². The number of hydrogen-bond donors (Lipinski definition) is 2. The molecule has 1 aliphatic carbocycles. The number of urea groups is 1. The Bertz CT molecular complexity index is 432. The highest BCUT2D eigenvalue weighted by Crippen LogP contribution is 2.25. The van der Waals surface area contributed by atoms with Gasteiger partial charge in [-0.25, -0.2) is 4.79 Å². The van der Waals surface area contributed by atoms with Gasteiger partial charge in [-0.1, -0.05) is 13.8 Å². The fraction of sp³-hybridized carbons (Fsp3) is 0.882. The molecule has 2 N–H and O–H groups in total. The Hall–Kier alpha value is -1.34. The van der Waals surface area contributed by atoms with Gasteiger partial charge in [0.25, 0.3) is 0 Å². The quantitative estimate of drug-likeness (QED) is 0.724. The van der Waals surface area contributed by atoms with E-state index in [0.29, 0.717) is 6.04 Å². The van der Waals surface area contributed by atoms with Gasteiger partial charge in [-0.15, -0.1) is 0 Å². The minimum absolute atomic E-state index is 0.0311. The molecule has 0 spiro atoms. The van der Waals surface area contributed by atoms with E-state index in [4.69, 9.17) is 5.11 Å². The van der Waals surface area contributed by atoms with Gasteiger partial charge in [0.15, 0.2) is 0 Å². The molecule has 2 amide bonds. The molecule has 0 aromatic heterocycles. The van der Waals surface area contributed by atoms with Crippen LogP contribution < -0.4 is 5.32 Å². The standard InChI is InChI=1S/C17H32N4O3/c1-4-13(3)20-6-8-21(9-7-20)17(24)18-14-10-15(11-14)19(5-2)12-16(22)23/h13-15H,4-12H2,1-3H3,(H,18,24)(H,22,23). The molecule has 1 heterocycles. The predicted octanol–water partition coefficient (Wildman–Crippen LogP) is 1.05. The average molecular weight is 340 g/mol. The Morgan fingerprint density at radius 3 is 2.33 bits per heavy atom. The van der Waals surface area contributed by atoms with Crippen LogP contribution in [-0.4, -0.2) is 89.2 Å². The molecule has 1 atom stereocenters. The summed E-state index contributed by atoms with van der Waals surface area (Å²) >= 11 is 0. The molecule has 2 aliphatic rings. The fourth-order valence-electron chi connectivity index (χ4n) is 3.57. The Balaban J connectivity index is 1.69. The van der Waals surface area contributed by atoms with E-state index in [1.807, 2.05) is 16.7 Å². The number of carboxylic acids is 1. The van der Waals surface area contributed by atoms with Gasteiger partial charge in [-0.3, -0.25) is 14.6 Å². The van der Waals surface area contributed by atoms with E-state index in [1.165, 1.54) is 0 Å². The summed E-state index contributed by atoms with van der Waals surface area (Å²) in [7, 11) is 0. The highest BCUT2D eigenvalue weighted by Gasteiger charge is 2.35. The van der Waals surface area contributed by atoms with Gasteiger partial charge in [0.2, 0.25) is 0 Å². The zero-order valence-corrected chi connectivity index (χ0v) is 15.2. The molecule has 1 saturated heterocycles. The van der Waals surface area contributed by atoms with Crippen molar-refractivity contribution in [2.24, 2.45) is 0 Å². The number of aliphatic carboxylic acids is 1. The number of hydrogen-bond acceptors (Lipinski definition) is 4. The second-order valence-corrected chi connectivity index (χ2v) is 7.01. The van der Waals surface area contributed by atoms with E-state index in [9.17, 15) is 9.59 Å². The first-order valence-corrected chi connectivity index (χ1v) is 9.19. The topological polar surface area (TPSA) is 76.1 Å². The summed E-state index contributed by atoms with van der Waals surface area (Å²) in [5.74, 6) is -0.788. The summed E-state index contributed by atoms with van der Waals surface area (Å²) in [6.07, 6.45) is 2.83. The zero-order valence-electron chi connectivity index (χ0n) is 15.2. The summed E-state index contributed by atoms with van der Waals surface area (Å²) < 4.78 is 0. The Morgan fingerprint density at radius 1 is 1.21 bits per heavy atom. The van der Waals surface area contributed by atoms with Crippen LogP contribution in [0.2, 0.25) is 0 Å². The van der Waals surface area contributed by atoms with Crippen LogP contribution in [-0.2, 0) is 4.79 Å². The summed E-state index contributed by atoms with van der Waals surface area (Å²) in [4.78, 5) is 29.5. The van der Waals surface area contributed by atoms with Crippen LogP contribution in [0.1, 0.15) is 40.0 Å². The molecule has 1 unspecified atom stereocenters. The predicted molar refractivity (Wildman–Crippen MR) is 93.1 cm³/mol. The van der Waals surface area contributed by atoms with Gasteiger partial charge in [0.1, 0.15) is 0 Å². The lowest BCUT2D eigenvalue weighted by Gasteiger charge is -2.43. The van der Waals surface area contributed by atoms with Crippen molar-refractivity contribution in [1.29, 1.82) is 0 Å². The minimum atomic E-state index is -0.788. The molecule has 2 rings (SSSR count). The third-order valence-electron chi connectivity index (χ3n) is 5.52. The minimum Gasteiger partial charge on any atom is -0.480 e. The van der Waals surface area contributed by atoms with Crippen LogP contribution >= 0.6 is 0 Å². The lowest BCUT2D eigenvalue weighted by molar-refractivity contribution is -0.139. The van der Waals surface area contributed by atoms with Crippen molar-refractivity contribution in [3.63, 3.8) is 0 Å². The molecular formula is C17H32N4O3. The summed E-state index contributed by atoms with van der Waals surface area (Å²) in [6.45, 7) is 10.7. The first-order valence-electron chi connectivity index (χ1n) is 9.19. The SMILES string of the molecule is CCC(C)N1CCN(C(=O)NC2CC(N(CC)CC(=O)O)C2)CC1. The highest BCUT2D eigenvalue weighted by molar-refractivity contribution is 5.74. The van der Waals surface area contributed by atoms with Crippen molar-refractivity contribution in [3.8, 4) is 0 Å². The van der Waals surface area contributed by atoms with Crippen molar-refractivity contribution < 1.29 is 14.7 Å². The second-order valence-electron chi connectivity index (χ2n) is 7.01. The molecule has 7 nitrogen and oxygen atoms in total. The Labute approximate surface area is 145 Å². The van der Waals surface area contributed by atoms with E-state index in [-0.39, 0.29) is 24.7 Å². The summed E-state index contributed by atoms with van der Waals surface area (Å²) in [6, 6.07) is 1.07. The first-order chi connectivity index (χ1) is 11.4. The molecule has 7 heteroatoms. The third kappa shape index (κ3) is 4.83. The number of likely N-dealkylation sites (N-methyl/N-ethyl adjacent to an activating group) is 1. The van der Waals surface area contributed by atoms with Gasteiger partial charge < -0.3 is 15.3 Å². The van der Waals surface area contributed by atoms with E-state index in [0.717, 1.165) is 52.0 Å². The molecule has 0 radical (unpaired) electrons. The van der Waals surface area contributed by atoms with E-state index in [2.05, 4.69) is 24.1 Å². The second kappa shape index (κ2) is 8.67. The number of carboxylic acid groups (broad SMARTS) is 1. The first kappa shape index (κ1) is 19.0. The van der Waals surface area contributed by atoms with Crippen LogP contribution in [0.4, 0.5) is 4.79 Å². The monoisotopic (exact) mass is 340 g/mol. The Kier molecular flexibility index (Phi) is 6.86. The zero-order chi connectivity index (χ0) is 17.7. The van der Waals surface area contributed by atoms with Crippen LogP contribution in [0.15, 0.2) is 0 Å². The van der Waals surface area contributed by atoms with Crippen molar-refractivity contribution in [2.75, 3.05) is 39.3 Å². The molecule has 138 valence electrons. The molecule has 2 fully saturated rings. The van der Waals surface area contributed by atoms with Gasteiger partial charge in [0, 0.05) is 44.3 Å². The lowest BCUT2D eigenvalue weighted by Crippen LogP contribution is -2.59. The van der Waals surface area contributed by atoms with Crippen LogP contribution in [0.5, 0.6) is 0 Å². The van der Waals surface area contributed by atoms with E-state index in [1.54, 1.807) is 0 Å². The molecule has 0 aromatic rings. The maximum Gasteiger partial charge on any atom is 0.317 e. The lowest BCUT2D eigenvalue weighted by atomic mass is 9.85. The van der Waals surface area contributed by atoms with Crippen LogP contribution in [0, 0.1) is 0 Å². The number of carbonyl (C=O) groups excluding carboxylic acids is 1. The van der Waals surface area contributed by atoms with Gasteiger partial charge >= 0.3 is 12.0 Å². The molecular weight excluding hydrogens is 308 g/mol. The summed E-state index contributed by atoms with van der Waals surface area (Å²) in [5, 5.41) is 12.0. The van der Waals surface area contributed by atoms with Crippen molar-refractivity contribution >= 4 is 12.0 Å². The Morgan fingerprint density at radius 2 is 1.83 bits per heavy atom. The highest BCUT2D eigenvalue weighted by atomic mass is 16.4. The smallest absolute Gasteiger partial charge is 0.317 e. The average Bonchev–Trinajstić information content (AvgIpc) is 2.54. The number of nitrogens with zero attached hydrogens (tertiary/aromatic N) is 3. The van der Waals surface area contributed by atoms with Crippen LogP contribution in [0.3, 0.4) is 0 Å². The number of carbonyl (C=O) groups is 2. The third-order valence-corrected chi connectivity index (χ3v) is 5.52. The molecule has 1 aliphatic heterocycles. The van der Waals surface area contributed by atoms with Gasteiger partial charge in [-0.2, -0.15) is 0 Å². The number of nitrogens with one attached hydrogen (secondary N) is 1. The number of rotatable bonds is 7. The van der Waals surface area contributed by atoms with Crippen molar-refractivity contribution in [2.45, 2.75) is 58.2 Å². The summed E-state index contributed by atoms with van der Waals surface area (Å²) in [5.41, 5.74) is 0. The largest absolute Gasteiger partial charge is 0.480 e. The number of amides is 2. The molecule has 0 bridgehead atoms. The van der Waals surface area contributed by atoms with E-state index >= 15 is 0 Å². The molecule has 0 aromatic carbocycles. The fourth-order valence-corrected chi connectivity index (χ4v) is 3.57. The van der Waals surface area contributed by atoms with Crippen molar-refractivity contribution in [1.82, 2.24) is 20.0 Å². The maximum absolute atomic E-state index is 12.4. The van der Waals surface area contributed by atoms with Gasteiger partial charge in [0.05, 0.1) is 6.54 Å². The van der Waals surface area contributed by atoms with Crippen LogP contribution in [0.25, 0.3) is 0 Å². The number of piperazine rings is 1. The van der Waals surface area contributed by atoms with Gasteiger partial charge in [-0.05, 0) is 32.7 Å². The normalized spacial score (nSPS) is 26.1. The maximum atomic E-state index is 12.4.